The van der Waals surface area contributed by atoms with Gasteiger partial charge in [-0.15, -0.1) is 24.0 Å². The van der Waals surface area contributed by atoms with Crippen molar-refractivity contribution in [2.24, 2.45) is 4.99 Å². The van der Waals surface area contributed by atoms with E-state index in [-0.39, 0.29) is 29.8 Å². The predicted molar refractivity (Wildman–Crippen MR) is 122 cm³/mol. The Kier molecular flexibility index (Phi) is 10.3. The van der Waals surface area contributed by atoms with Crippen molar-refractivity contribution in [1.82, 2.24) is 15.5 Å². The SMILES string of the molecule is CCNC(=NCc1ccc(F)c(CN(C)C)c1)NCc1ccc(C)cc1.I. The highest BCUT2D eigenvalue weighted by Gasteiger charge is 2.05. The molecule has 0 radical (unpaired) electrons. The van der Waals surface area contributed by atoms with Crippen LogP contribution in [0.1, 0.15) is 29.2 Å². The summed E-state index contributed by atoms with van der Waals surface area (Å²) < 4.78 is 13.9. The van der Waals surface area contributed by atoms with Crippen LogP contribution in [0.15, 0.2) is 47.5 Å². The summed E-state index contributed by atoms with van der Waals surface area (Å²) in [4.78, 5) is 6.58. The van der Waals surface area contributed by atoms with Gasteiger partial charge >= 0.3 is 0 Å². The second-order valence-corrected chi connectivity index (χ2v) is 6.70. The van der Waals surface area contributed by atoms with Gasteiger partial charge in [-0.25, -0.2) is 9.38 Å². The molecule has 2 aromatic carbocycles. The molecule has 0 aliphatic rings. The average molecular weight is 484 g/mol. The van der Waals surface area contributed by atoms with E-state index in [1.807, 2.05) is 32.0 Å². The number of nitrogens with zero attached hydrogens (tertiary/aromatic N) is 2. The number of hydrogen-bond acceptors (Lipinski definition) is 2. The zero-order valence-electron chi connectivity index (χ0n) is 16.6. The van der Waals surface area contributed by atoms with Gasteiger partial charge in [0.25, 0.3) is 0 Å². The Bertz CT molecular complexity index is 729. The minimum absolute atomic E-state index is 0. The quantitative estimate of drug-likeness (QED) is 0.354. The van der Waals surface area contributed by atoms with Crippen molar-refractivity contribution < 1.29 is 4.39 Å². The number of benzene rings is 2. The van der Waals surface area contributed by atoms with Crippen molar-refractivity contribution in [2.75, 3.05) is 20.6 Å². The molecule has 0 aliphatic heterocycles. The number of aryl methyl sites for hydroxylation is 1. The third-order valence-electron chi connectivity index (χ3n) is 3.94. The summed E-state index contributed by atoms with van der Waals surface area (Å²) in [6.45, 7) is 6.70. The molecule has 0 amide bonds. The lowest BCUT2D eigenvalue weighted by molar-refractivity contribution is 0.392. The van der Waals surface area contributed by atoms with Crippen LogP contribution in [0.5, 0.6) is 0 Å². The van der Waals surface area contributed by atoms with E-state index >= 15 is 0 Å². The van der Waals surface area contributed by atoms with E-state index in [0.717, 1.165) is 18.1 Å². The molecule has 4 nitrogen and oxygen atoms in total. The molecule has 0 fully saturated rings. The van der Waals surface area contributed by atoms with Gasteiger partial charge < -0.3 is 15.5 Å². The first kappa shape index (κ1) is 23.4. The van der Waals surface area contributed by atoms with E-state index in [2.05, 4.69) is 46.8 Å². The molecule has 0 unspecified atom stereocenters. The summed E-state index contributed by atoms with van der Waals surface area (Å²) in [5.74, 6) is 0.586. The van der Waals surface area contributed by atoms with Crippen molar-refractivity contribution in [3.8, 4) is 0 Å². The standard InChI is InChI=1S/C21H29FN4.HI/c1-5-23-21(24-13-17-8-6-16(2)7-9-17)25-14-18-10-11-20(22)19(12-18)15-26(3)4;/h6-12H,5,13-15H2,1-4H3,(H2,23,24,25);1H. The number of rotatable bonds is 7. The number of aliphatic imine (C=N–C) groups is 1. The van der Waals surface area contributed by atoms with Crippen molar-refractivity contribution >= 4 is 29.9 Å². The van der Waals surface area contributed by atoms with Crippen LogP contribution in [0.3, 0.4) is 0 Å². The second-order valence-electron chi connectivity index (χ2n) is 6.70. The van der Waals surface area contributed by atoms with Crippen molar-refractivity contribution in [3.05, 3.63) is 70.5 Å². The molecule has 0 saturated heterocycles. The number of guanidine groups is 1. The van der Waals surface area contributed by atoms with Gasteiger partial charge in [0, 0.05) is 25.2 Å². The maximum absolute atomic E-state index is 13.9. The minimum Gasteiger partial charge on any atom is -0.357 e. The Labute approximate surface area is 179 Å². The van der Waals surface area contributed by atoms with Crippen molar-refractivity contribution in [2.45, 2.75) is 33.5 Å². The van der Waals surface area contributed by atoms with Crippen LogP contribution in [0.2, 0.25) is 0 Å². The van der Waals surface area contributed by atoms with Crippen LogP contribution in [-0.2, 0) is 19.6 Å². The smallest absolute Gasteiger partial charge is 0.191 e. The summed E-state index contributed by atoms with van der Waals surface area (Å²) in [7, 11) is 3.87. The molecule has 148 valence electrons. The highest BCUT2D eigenvalue weighted by Crippen LogP contribution is 2.13. The molecular weight excluding hydrogens is 454 g/mol. The molecular formula is C21H30FIN4. The van der Waals surface area contributed by atoms with Gasteiger partial charge in [0.1, 0.15) is 5.82 Å². The van der Waals surface area contributed by atoms with E-state index in [4.69, 9.17) is 0 Å². The Morgan fingerprint density at radius 3 is 2.33 bits per heavy atom. The van der Waals surface area contributed by atoms with Crippen LogP contribution in [0.25, 0.3) is 0 Å². The van der Waals surface area contributed by atoms with Crippen LogP contribution in [0, 0.1) is 12.7 Å². The summed E-state index contributed by atoms with van der Waals surface area (Å²) in [6.07, 6.45) is 0. The van der Waals surface area contributed by atoms with Crippen molar-refractivity contribution in [1.29, 1.82) is 0 Å². The molecule has 2 rings (SSSR count). The lowest BCUT2D eigenvalue weighted by atomic mass is 10.1. The zero-order valence-corrected chi connectivity index (χ0v) is 18.9. The minimum atomic E-state index is -0.171. The van der Waals surface area contributed by atoms with E-state index < -0.39 is 0 Å². The summed E-state index contributed by atoms with van der Waals surface area (Å²) in [5, 5.41) is 6.59. The van der Waals surface area contributed by atoms with Gasteiger partial charge in [-0.3, -0.25) is 0 Å². The van der Waals surface area contributed by atoms with Gasteiger partial charge in [0.15, 0.2) is 5.96 Å². The molecule has 0 atom stereocenters. The van der Waals surface area contributed by atoms with Gasteiger partial charge in [0.05, 0.1) is 6.54 Å². The molecule has 0 aromatic heterocycles. The largest absolute Gasteiger partial charge is 0.357 e. The lowest BCUT2D eigenvalue weighted by Crippen LogP contribution is -2.36. The van der Waals surface area contributed by atoms with Gasteiger partial charge in [0.2, 0.25) is 0 Å². The zero-order chi connectivity index (χ0) is 18.9. The van der Waals surface area contributed by atoms with Gasteiger partial charge in [-0.05, 0) is 51.2 Å². The Hall–Kier alpha value is -1.67. The van der Waals surface area contributed by atoms with Gasteiger partial charge in [-0.1, -0.05) is 35.9 Å². The molecule has 0 bridgehead atoms. The van der Waals surface area contributed by atoms with Crippen LogP contribution in [-0.4, -0.2) is 31.5 Å². The number of nitrogens with one attached hydrogen (secondary N) is 2. The maximum atomic E-state index is 13.9. The Balaban J connectivity index is 0.00000364. The Morgan fingerprint density at radius 2 is 1.70 bits per heavy atom. The third kappa shape index (κ3) is 8.26. The first-order valence-electron chi connectivity index (χ1n) is 8.97. The molecule has 0 saturated carbocycles. The van der Waals surface area contributed by atoms with E-state index in [9.17, 15) is 4.39 Å². The first-order valence-corrected chi connectivity index (χ1v) is 8.97. The molecule has 0 spiro atoms. The normalized spacial score (nSPS) is 11.3. The second kappa shape index (κ2) is 11.9. The van der Waals surface area contributed by atoms with Gasteiger partial charge in [-0.2, -0.15) is 0 Å². The fourth-order valence-electron chi connectivity index (χ4n) is 2.59. The maximum Gasteiger partial charge on any atom is 0.191 e. The fourth-order valence-corrected chi connectivity index (χ4v) is 2.59. The Morgan fingerprint density at radius 1 is 1.04 bits per heavy atom. The van der Waals surface area contributed by atoms with Crippen LogP contribution < -0.4 is 10.6 Å². The monoisotopic (exact) mass is 484 g/mol. The predicted octanol–water partition coefficient (Wildman–Crippen LogP) is 4.07. The summed E-state index contributed by atoms with van der Waals surface area (Å²) in [6, 6.07) is 13.6. The lowest BCUT2D eigenvalue weighted by Gasteiger charge is -2.13. The van der Waals surface area contributed by atoms with E-state index in [0.29, 0.717) is 25.2 Å². The third-order valence-corrected chi connectivity index (χ3v) is 3.94. The molecule has 6 heteroatoms. The molecule has 27 heavy (non-hydrogen) atoms. The summed E-state index contributed by atoms with van der Waals surface area (Å²) >= 11 is 0. The fraction of sp³-hybridized carbons (Fsp3) is 0.381. The highest BCUT2D eigenvalue weighted by atomic mass is 127. The van der Waals surface area contributed by atoms with Crippen LogP contribution >= 0.6 is 24.0 Å². The topological polar surface area (TPSA) is 39.7 Å². The van der Waals surface area contributed by atoms with E-state index in [1.54, 1.807) is 6.07 Å². The number of halogens is 2. The van der Waals surface area contributed by atoms with E-state index in [1.165, 1.54) is 17.2 Å². The molecule has 0 aliphatic carbocycles. The van der Waals surface area contributed by atoms with Crippen LogP contribution in [0.4, 0.5) is 4.39 Å². The average Bonchev–Trinajstić information content (AvgIpc) is 2.61. The van der Waals surface area contributed by atoms with Crippen molar-refractivity contribution in [3.63, 3.8) is 0 Å². The highest BCUT2D eigenvalue weighted by molar-refractivity contribution is 14.0. The molecule has 2 N–H and O–H groups in total. The number of hydrogen-bond donors (Lipinski definition) is 2. The first-order chi connectivity index (χ1) is 12.5. The molecule has 0 heterocycles. The molecule has 2 aromatic rings. The summed E-state index contributed by atoms with van der Waals surface area (Å²) in [5.41, 5.74) is 4.14.